The molecule has 0 saturated heterocycles. The Bertz CT molecular complexity index is 459. The molecule has 3 nitrogen and oxygen atoms in total. The third kappa shape index (κ3) is 5.20. The van der Waals surface area contributed by atoms with E-state index in [4.69, 9.17) is 0 Å². The Hall–Kier alpha value is -1.71. The highest BCUT2D eigenvalue weighted by Crippen LogP contribution is 2.04. The normalized spacial score (nSPS) is 12.3. The lowest BCUT2D eigenvalue weighted by molar-refractivity contribution is 0.161. The van der Waals surface area contributed by atoms with E-state index in [2.05, 4.69) is 22.4 Å². The fourth-order valence-corrected chi connectivity index (χ4v) is 1.96. The summed E-state index contributed by atoms with van der Waals surface area (Å²) >= 11 is 0. The van der Waals surface area contributed by atoms with Gasteiger partial charge in [-0.3, -0.25) is 4.98 Å². The van der Waals surface area contributed by atoms with E-state index in [1.54, 1.807) is 12.4 Å². The third-order valence-electron chi connectivity index (χ3n) is 3.07. The summed E-state index contributed by atoms with van der Waals surface area (Å²) in [7, 11) is 0. The molecule has 0 saturated carbocycles. The molecule has 1 atom stereocenters. The van der Waals surface area contributed by atoms with Crippen molar-refractivity contribution in [2.24, 2.45) is 0 Å². The topological polar surface area (TPSA) is 45.1 Å². The van der Waals surface area contributed by atoms with Crippen LogP contribution in [0.3, 0.4) is 0 Å². The summed E-state index contributed by atoms with van der Waals surface area (Å²) in [4.78, 5) is 3.97. The molecular formula is C16H20N2O. The summed E-state index contributed by atoms with van der Waals surface area (Å²) in [5.74, 6) is 0. The number of aryl methyl sites for hydroxylation is 1. The number of aliphatic hydroxyl groups is 1. The SMILES string of the molecule is O[C@H](CCc1ccccc1)CNCc1ccncc1. The molecular weight excluding hydrogens is 236 g/mol. The van der Waals surface area contributed by atoms with Crippen molar-refractivity contribution < 1.29 is 5.11 Å². The van der Waals surface area contributed by atoms with Crippen molar-refractivity contribution >= 4 is 0 Å². The lowest BCUT2D eigenvalue weighted by Gasteiger charge is -2.11. The first-order valence-corrected chi connectivity index (χ1v) is 6.66. The van der Waals surface area contributed by atoms with Gasteiger partial charge in [-0.15, -0.1) is 0 Å². The Labute approximate surface area is 114 Å². The van der Waals surface area contributed by atoms with Crippen molar-refractivity contribution in [1.29, 1.82) is 0 Å². The highest BCUT2D eigenvalue weighted by atomic mass is 16.3. The van der Waals surface area contributed by atoms with Crippen molar-refractivity contribution in [3.8, 4) is 0 Å². The van der Waals surface area contributed by atoms with Gasteiger partial charge in [-0.2, -0.15) is 0 Å². The van der Waals surface area contributed by atoms with Crippen LogP contribution < -0.4 is 5.32 Å². The van der Waals surface area contributed by atoms with Gasteiger partial charge in [0.2, 0.25) is 0 Å². The number of nitrogens with one attached hydrogen (secondary N) is 1. The van der Waals surface area contributed by atoms with Crippen LogP contribution in [-0.2, 0) is 13.0 Å². The number of hydrogen-bond donors (Lipinski definition) is 2. The maximum Gasteiger partial charge on any atom is 0.0667 e. The molecule has 0 fully saturated rings. The monoisotopic (exact) mass is 256 g/mol. The number of rotatable bonds is 7. The van der Waals surface area contributed by atoms with Crippen LogP contribution >= 0.6 is 0 Å². The van der Waals surface area contributed by atoms with E-state index in [0.717, 1.165) is 19.4 Å². The van der Waals surface area contributed by atoms with E-state index in [0.29, 0.717) is 6.54 Å². The zero-order valence-corrected chi connectivity index (χ0v) is 11.0. The first-order chi connectivity index (χ1) is 9.34. The van der Waals surface area contributed by atoms with E-state index in [1.165, 1.54) is 11.1 Å². The van der Waals surface area contributed by atoms with Crippen LogP contribution in [-0.4, -0.2) is 22.7 Å². The van der Waals surface area contributed by atoms with Crippen LogP contribution in [0.4, 0.5) is 0 Å². The zero-order chi connectivity index (χ0) is 13.3. The van der Waals surface area contributed by atoms with E-state index < -0.39 is 0 Å². The molecule has 1 aromatic heterocycles. The summed E-state index contributed by atoms with van der Waals surface area (Å²) in [6.07, 6.45) is 4.96. The molecule has 0 amide bonds. The molecule has 0 radical (unpaired) electrons. The Morgan fingerprint density at radius 2 is 1.74 bits per heavy atom. The van der Waals surface area contributed by atoms with Crippen LogP contribution in [0.25, 0.3) is 0 Å². The summed E-state index contributed by atoms with van der Waals surface area (Å²) in [6.45, 7) is 1.39. The van der Waals surface area contributed by atoms with E-state index in [9.17, 15) is 5.11 Å². The summed E-state index contributed by atoms with van der Waals surface area (Å²) in [5.41, 5.74) is 2.46. The van der Waals surface area contributed by atoms with Gasteiger partial charge in [0.1, 0.15) is 0 Å². The minimum Gasteiger partial charge on any atom is -0.392 e. The second-order valence-corrected chi connectivity index (χ2v) is 4.66. The van der Waals surface area contributed by atoms with Gasteiger partial charge in [-0.1, -0.05) is 30.3 Å². The van der Waals surface area contributed by atoms with Gasteiger partial charge in [-0.05, 0) is 36.1 Å². The van der Waals surface area contributed by atoms with Crippen LogP contribution in [0.1, 0.15) is 17.5 Å². The molecule has 0 aliphatic rings. The lowest BCUT2D eigenvalue weighted by Crippen LogP contribution is -2.26. The number of pyridine rings is 1. The summed E-state index contributed by atoms with van der Waals surface area (Å²) in [6, 6.07) is 14.2. The van der Waals surface area contributed by atoms with Gasteiger partial charge in [0.15, 0.2) is 0 Å². The van der Waals surface area contributed by atoms with Crippen molar-refractivity contribution in [2.75, 3.05) is 6.54 Å². The van der Waals surface area contributed by atoms with Gasteiger partial charge in [0, 0.05) is 25.5 Å². The van der Waals surface area contributed by atoms with Gasteiger partial charge < -0.3 is 10.4 Å². The molecule has 0 unspecified atom stereocenters. The van der Waals surface area contributed by atoms with Gasteiger partial charge in [0.25, 0.3) is 0 Å². The average Bonchev–Trinajstić information content (AvgIpc) is 2.47. The van der Waals surface area contributed by atoms with Gasteiger partial charge in [-0.25, -0.2) is 0 Å². The molecule has 2 N–H and O–H groups in total. The second-order valence-electron chi connectivity index (χ2n) is 4.66. The first-order valence-electron chi connectivity index (χ1n) is 6.66. The molecule has 0 bridgehead atoms. The van der Waals surface area contributed by atoms with Crippen LogP contribution in [0, 0.1) is 0 Å². The predicted octanol–water partition coefficient (Wildman–Crippen LogP) is 2.16. The Morgan fingerprint density at radius 1 is 1.00 bits per heavy atom. The fourth-order valence-electron chi connectivity index (χ4n) is 1.96. The average molecular weight is 256 g/mol. The van der Waals surface area contributed by atoms with Crippen LogP contribution in [0.15, 0.2) is 54.9 Å². The van der Waals surface area contributed by atoms with Crippen molar-refractivity contribution in [1.82, 2.24) is 10.3 Å². The minimum absolute atomic E-state index is 0.304. The van der Waals surface area contributed by atoms with Crippen molar-refractivity contribution in [3.05, 3.63) is 66.0 Å². The van der Waals surface area contributed by atoms with Gasteiger partial charge >= 0.3 is 0 Å². The van der Waals surface area contributed by atoms with E-state index in [-0.39, 0.29) is 6.10 Å². The molecule has 0 aliphatic carbocycles. The maximum atomic E-state index is 9.91. The predicted molar refractivity (Wildman–Crippen MR) is 76.7 cm³/mol. The smallest absolute Gasteiger partial charge is 0.0667 e. The van der Waals surface area contributed by atoms with E-state index in [1.807, 2.05) is 30.3 Å². The quantitative estimate of drug-likeness (QED) is 0.798. The number of hydrogen-bond acceptors (Lipinski definition) is 3. The fraction of sp³-hybridized carbons (Fsp3) is 0.312. The van der Waals surface area contributed by atoms with Crippen LogP contribution in [0.2, 0.25) is 0 Å². The number of aromatic nitrogens is 1. The number of nitrogens with zero attached hydrogens (tertiary/aromatic N) is 1. The molecule has 1 heterocycles. The largest absolute Gasteiger partial charge is 0.392 e. The zero-order valence-electron chi connectivity index (χ0n) is 11.0. The molecule has 0 aliphatic heterocycles. The molecule has 0 spiro atoms. The standard InChI is InChI=1S/C16H20N2O/c19-16(7-6-14-4-2-1-3-5-14)13-18-12-15-8-10-17-11-9-15/h1-5,8-11,16,18-19H,6-7,12-13H2/t16-/m1/s1. The summed E-state index contributed by atoms with van der Waals surface area (Å²) < 4.78 is 0. The molecule has 2 rings (SSSR count). The highest BCUT2D eigenvalue weighted by Gasteiger charge is 2.04. The molecule has 19 heavy (non-hydrogen) atoms. The highest BCUT2D eigenvalue weighted by molar-refractivity contribution is 5.14. The number of aliphatic hydroxyl groups excluding tert-OH is 1. The maximum absolute atomic E-state index is 9.91. The first kappa shape index (κ1) is 13.7. The Kier molecular flexibility index (Phi) is 5.53. The van der Waals surface area contributed by atoms with Gasteiger partial charge in [0.05, 0.1) is 6.10 Å². The number of benzene rings is 1. The third-order valence-corrected chi connectivity index (χ3v) is 3.07. The Morgan fingerprint density at radius 3 is 2.47 bits per heavy atom. The summed E-state index contributed by atoms with van der Waals surface area (Å²) in [5, 5.41) is 13.2. The minimum atomic E-state index is -0.304. The molecule has 1 aromatic carbocycles. The van der Waals surface area contributed by atoms with Crippen molar-refractivity contribution in [3.63, 3.8) is 0 Å². The second kappa shape index (κ2) is 7.67. The van der Waals surface area contributed by atoms with Crippen LogP contribution in [0.5, 0.6) is 0 Å². The Balaban J connectivity index is 1.64. The van der Waals surface area contributed by atoms with E-state index >= 15 is 0 Å². The van der Waals surface area contributed by atoms with Crippen molar-refractivity contribution in [2.45, 2.75) is 25.5 Å². The molecule has 100 valence electrons. The molecule has 2 aromatic rings. The molecule has 3 heteroatoms. The lowest BCUT2D eigenvalue weighted by atomic mass is 10.1.